The van der Waals surface area contributed by atoms with Crippen LogP contribution in [0.5, 0.6) is 5.75 Å². The van der Waals surface area contributed by atoms with Crippen molar-refractivity contribution >= 4 is 5.69 Å². The average molecular weight is 268 g/mol. The van der Waals surface area contributed by atoms with E-state index in [0.717, 1.165) is 0 Å². The monoisotopic (exact) mass is 268 g/mol. The summed E-state index contributed by atoms with van der Waals surface area (Å²) in [4.78, 5) is 10.0. The summed E-state index contributed by atoms with van der Waals surface area (Å²) in [7, 11) is 0. The second-order valence-electron chi connectivity index (χ2n) is 4.11. The van der Waals surface area contributed by atoms with Gasteiger partial charge in [-0.25, -0.2) is 0 Å². The van der Waals surface area contributed by atoms with E-state index < -0.39 is 4.92 Å². The number of benzene rings is 1. The van der Waals surface area contributed by atoms with Gasteiger partial charge in [0.05, 0.1) is 11.5 Å². The van der Waals surface area contributed by atoms with E-state index in [4.69, 9.17) is 9.47 Å². The van der Waals surface area contributed by atoms with Crippen LogP contribution in [0.25, 0.3) is 0 Å². The lowest BCUT2D eigenvalue weighted by Crippen LogP contribution is -2.33. The Labute approximate surface area is 112 Å². The zero-order chi connectivity index (χ0) is 14.1. The number of ether oxygens (including phenoxy) is 2. The summed E-state index contributed by atoms with van der Waals surface area (Å²) in [6, 6.07) is 6.34. The van der Waals surface area contributed by atoms with Gasteiger partial charge >= 0.3 is 0 Å². The first-order chi connectivity index (χ1) is 9.13. The predicted molar refractivity (Wildman–Crippen MR) is 72.5 cm³/mol. The molecule has 0 aliphatic carbocycles. The molecule has 0 aromatic heterocycles. The molecule has 0 radical (unpaired) electrons. The first-order valence-electron chi connectivity index (χ1n) is 6.32. The molecular weight excluding hydrogens is 248 g/mol. The molecule has 1 aromatic rings. The number of nitro groups is 1. The summed E-state index contributed by atoms with van der Waals surface area (Å²) in [5.74, 6) is 0.630. The van der Waals surface area contributed by atoms with Crippen molar-refractivity contribution in [3.05, 3.63) is 34.4 Å². The first-order valence-corrected chi connectivity index (χ1v) is 6.32. The van der Waals surface area contributed by atoms with E-state index in [0.29, 0.717) is 32.1 Å². The maximum Gasteiger partial charge on any atom is 0.269 e. The van der Waals surface area contributed by atoms with Crippen LogP contribution in [0.1, 0.15) is 13.8 Å². The largest absolute Gasteiger partial charge is 0.492 e. The summed E-state index contributed by atoms with van der Waals surface area (Å²) < 4.78 is 10.7. The van der Waals surface area contributed by atoms with Crippen LogP contribution in [0.15, 0.2) is 24.3 Å². The smallest absolute Gasteiger partial charge is 0.269 e. The molecule has 0 aliphatic rings. The quantitative estimate of drug-likeness (QED) is 0.421. The van der Waals surface area contributed by atoms with Gasteiger partial charge in [0.25, 0.3) is 5.69 Å². The van der Waals surface area contributed by atoms with Gasteiger partial charge in [0.1, 0.15) is 12.4 Å². The van der Waals surface area contributed by atoms with Crippen LogP contribution in [-0.4, -0.2) is 37.3 Å². The Balaban J connectivity index is 2.20. The van der Waals surface area contributed by atoms with Crippen molar-refractivity contribution in [1.82, 2.24) is 5.32 Å². The average Bonchev–Trinajstić information content (AvgIpc) is 2.41. The summed E-state index contributed by atoms with van der Waals surface area (Å²) in [5, 5.41) is 13.7. The molecule has 1 rings (SSSR count). The van der Waals surface area contributed by atoms with Crippen LogP contribution < -0.4 is 10.1 Å². The SMILES string of the molecule is CCOCC(C)NCCOc1ccc([N+](=O)[O-])cc1. The molecular formula is C13H20N2O4. The fourth-order valence-electron chi connectivity index (χ4n) is 1.49. The van der Waals surface area contributed by atoms with Gasteiger partial charge < -0.3 is 14.8 Å². The molecule has 1 atom stereocenters. The molecule has 0 saturated heterocycles. The van der Waals surface area contributed by atoms with Crippen LogP contribution in [0.4, 0.5) is 5.69 Å². The van der Waals surface area contributed by atoms with Crippen LogP contribution in [0.3, 0.4) is 0 Å². The normalized spacial score (nSPS) is 12.1. The molecule has 1 unspecified atom stereocenters. The van der Waals surface area contributed by atoms with Gasteiger partial charge in [-0.3, -0.25) is 10.1 Å². The van der Waals surface area contributed by atoms with Crippen LogP contribution in [0, 0.1) is 10.1 Å². The third-order valence-electron chi connectivity index (χ3n) is 2.48. The van der Waals surface area contributed by atoms with Gasteiger partial charge in [-0.1, -0.05) is 0 Å². The zero-order valence-electron chi connectivity index (χ0n) is 11.3. The molecule has 0 heterocycles. The lowest BCUT2D eigenvalue weighted by Gasteiger charge is -2.13. The van der Waals surface area contributed by atoms with Crippen molar-refractivity contribution in [2.24, 2.45) is 0 Å². The molecule has 0 aliphatic heterocycles. The minimum Gasteiger partial charge on any atom is -0.492 e. The highest BCUT2D eigenvalue weighted by Crippen LogP contribution is 2.16. The third kappa shape index (κ3) is 6.17. The topological polar surface area (TPSA) is 73.6 Å². The summed E-state index contributed by atoms with van der Waals surface area (Å²) in [5.41, 5.74) is 0.0656. The van der Waals surface area contributed by atoms with Gasteiger partial charge in [-0.2, -0.15) is 0 Å². The van der Waals surface area contributed by atoms with Gasteiger partial charge in [-0.15, -0.1) is 0 Å². The number of rotatable bonds is 9. The summed E-state index contributed by atoms with van der Waals surface area (Å²) in [6.45, 7) is 6.60. The first kappa shape index (κ1) is 15.4. The van der Waals surface area contributed by atoms with Crippen molar-refractivity contribution in [1.29, 1.82) is 0 Å². The molecule has 1 N–H and O–H groups in total. The highest BCUT2D eigenvalue weighted by Gasteiger charge is 2.04. The highest BCUT2D eigenvalue weighted by molar-refractivity contribution is 5.35. The number of nitro benzene ring substituents is 1. The molecule has 0 spiro atoms. The fraction of sp³-hybridized carbons (Fsp3) is 0.538. The Kier molecular flexibility index (Phi) is 6.84. The number of hydrogen-bond donors (Lipinski definition) is 1. The second-order valence-corrected chi connectivity index (χ2v) is 4.11. The van der Waals surface area contributed by atoms with Crippen molar-refractivity contribution in [2.45, 2.75) is 19.9 Å². The Morgan fingerprint density at radius 1 is 1.37 bits per heavy atom. The van der Waals surface area contributed by atoms with Crippen LogP contribution in [0.2, 0.25) is 0 Å². The molecule has 0 saturated carbocycles. The standard InChI is InChI=1S/C13H20N2O4/c1-3-18-10-11(2)14-8-9-19-13-6-4-12(5-7-13)15(16)17/h4-7,11,14H,3,8-10H2,1-2H3. The van der Waals surface area contributed by atoms with Crippen LogP contribution >= 0.6 is 0 Å². The maximum absolute atomic E-state index is 10.5. The predicted octanol–water partition coefficient (Wildman–Crippen LogP) is 1.99. The van der Waals surface area contributed by atoms with Crippen LogP contribution in [-0.2, 0) is 4.74 Å². The lowest BCUT2D eigenvalue weighted by molar-refractivity contribution is -0.384. The molecule has 6 nitrogen and oxygen atoms in total. The molecule has 19 heavy (non-hydrogen) atoms. The Hall–Kier alpha value is -1.66. The van der Waals surface area contributed by atoms with Gasteiger partial charge in [0, 0.05) is 31.3 Å². The van der Waals surface area contributed by atoms with E-state index in [1.807, 2.05) is 13.8 Å². The van der Waals surface area contributed by atoms with E-state index >= 15 is 0 Å². The second kappa shape index (κ2) is 8.44. The molecule has 1 aromatic carbocycles. The van der Waals surface area contributed by atoms with E-state index in [1.165, 1.54) is 12.1 Å². The molecule has 6 heteroatoms. The number of non-ortho nitro benzene ring substituents is 1. The Morgan fingerprint density at radius 2 is 2.05 bits per heavy atom. The minimum atomic E-state index is -0.430. The summed E-state index contributed by atoms with van der Waals surface area (Å²) in [6.07, 6.45) is 0. The zero-order valence-corrected chi connectivity index (χ0v) is 11.3. The molecule has 106 valence electrons. The summed E-state index contributed by atoms with van der Waals surface area (Å²) >= 11 is 0. The van der Waals surface area contributed by atoms with Gasteiger partial charge in [-0.05, 0) is 26.0 Å². The van der Waals surface area contributed by atoms with Crippen molar-refractivity contribution in [3.8, 4) is 5.75 Å². The maximum atomic E-state index is 10.5. The number of nitrogens with one attached hydrogen (secondary N) is 1. The fourth-order valence-corrected chi connectivity index (χ4v) is 1.49. The van der Waals surface area contributed by atoms with E-state index in [9.17, 15) is 10.1 Å². The highest BCUT2D eigenvalue weighted by atomic mass is 16.6. The Morgan fingerprint density at radius 3 is 2.63 bits per heavy atom. The molecule has 0 amide bonds. The number of hydrogen-bond acceptors (Lipinski definition) is 5. The number of nitrogens with zero attached hydrogens (tertiary/aromatic N) is 1. The minimum absolute atomic E-state index is 0.0656. The molecule has 0 bridgehead atoms. The van der Waals surface area contributed by atoms with Crippen molar-refractivity contribution < 1.29 is 14.4 Å². The van der Waals surface area contributed by atoms with E-state index in [1.54, 1.807) is 12.1 Å². The Bertz CT molecular complexity index is 381. The van der Waals surface area contributed by atoms with E-state index in [2.05, 4.69) is 5.32 Å². The van der Waals surface area contributed by atoms with Crippen molar-refractivity contribution in [3.63, 3.8) is 0 Å². The van der Waals surface area contributed by atoms with Crippen molar-refractivity contribution in [2.75, 3.05) is 26.4 Å². The van der Waals surface area contributed by atoms with Gasteiger partial charge in [0.2, 0.25) is 0 Å². The lowest BCUT2D eigenvalue weighted by atomic mass is 10.3. The van der Waals surface area contributed by atoms with E-state index in [-0.39, 0.29) is 11.7 Å². The van der Waals surface area contributed by atoms with Gasteiger partial charge in [0.15, 0.2) is 0 Å². The third-order valence-corrected chi connectivity index (χ3v) is 2.48. The molecule has 0 fully saturated rings.